The Morgan fingerprint density at radius 2 is 2.38 bits per heavy atom. The first-order valence-electron chi connectivity index (χ1n) is 6.26. The predicted octanol–water partition coefficient (Wildman–Crippen LogP) is 1.37. The minimum absolute atomic E-state index is 0.569. The molecule has 0 amide bonds. The third-order valence-electron chi connectivity index (χ3n) is 3.80. The number of hydrogen-bond acceptors (Lipinski definition) is 3. The lowest BCUT2D eigenvalue weighted by Gasteiger charge is -2.37. The van der Waals surface area contributed by atoms with Crippen molar-refractivity contribution >= 4 is 5.82 Å². The van der Waals surface area contributed by atoms with Gasteiger partial charge in [-0.25, -0.2) is 4.98 Å². The molecule has 0 unspecified atom stereocenters. The van der Waals surface area contributed by atoms with Gasteiger partial charge in [0.05, 0.1) is 0 Å². The van der Waals surface area contributed by atoms with Crippen LogP contribution in [0.5, 0.6) is 0 Å². The Labute approximate surface area is 96.9 Å². The number of anilines is 1. The van der Waals surface area contributed by atoms with Gasteiger partial charge in [-0.3, -0.25) is 0 Å². The van der Waals surface area contributed by atoms with Crippen LogP contribution in [0.1, 0.15) is 25.0 Å². The molecular formula is C13H19N3. The van der Waals surface area contributed by atoms with Gasteiger partial charge in [0, 0.05) is 31.4 Å². The molecule has 1 saturated heterocycles. The van der Waals surface area contributed by atoms with Gasteiger partial charge in [-0.2, -0.15) is 0 Å². The number of pyridine rings is 1. The van der Waals surface area contributed by atoms with Crippen LogP contribution < -0.4 is 10.2 Å². The van der Waals surface area contributed by atoms with Crippen LogP contribution in [0.25, 0.3) is 0 Å². The average molecular weight is 217 g/mol. The van der Waals surface area contributed by atoms with Crippen LogP contribution in [0.3, 0.4) is 0 Å². The zero-order valence-corrected chi connectivity index (χ0v) is 10.0. The lowest BCUT2D eigenvalue weighted by Crippen LogP contribution is -2.55. The molecule has 2 aliphatic heterocycles. The van der Waals surface area contributed by atoms with E-state index in [4.69, 9.17) is 0 Å². The highest BCUT2D eigenvalue weighted by Gasteiger charge is 2.35. The fourth-order valence-electron chi connectivity index (χ4n) is 2.95. The molecule has 1 aromatic heterocycles. The van der Waals surface area contributed by atoms with Crippen LogP contribution in [-0.2, 0) is 12.8 Å². The number of rotatable bonds is 1. The summed E-state index contributed by atoms with van der Waals surface area (Å²) in [4.78, 5) is 7.17. The summed E-state index contributed by atoms with van der Waals surface area (Å²) < 4.78 is 0. The number of nitrogens with zero attached hydrogens (tertiary/aromatic N) is 2. The zero-order chi connectivity index (χ0) is 11.1. The van der Waals surface area contributed by atoms with Gasteiger partial charge in [0.1, 0.15) is 5.82 Å². The van der Waals surface area contributed by atoms with Crippen molar-refractivity contribution in [1.82, 2.24) is 10.3 Å². The first-order chi connectivity index (χ1) is 7.79. The van der Waals surface area contributed by atoms with E-state index in [9.17, 15) is 0 Å². The Hall–Kier alpha value is -1.09. The Kier molecular flexibility index (Phi) is 2.36. The number of aromatic nitrogens is 1. The molecule has 3 rings (SSSR count). The molecular weight excluding hydrogens is 198 g/mol. The van der Waals surface area contributed by atoms with E-state index in [1.807, 2.05) is 6.20 Å². The van der Waals surface area contributed by atoms with E-state index < -0.39 is 0 Å². The number of aryl methyl sites for hydroxylation is 1. The third-order valence-corrected chi connectivity index (χ3v) is 3.80. The molecule has 3 nitrogen and oxygen atoms in total. The van der Waals surface area contributed by atoms with E-state index in [0.717, 1.165) is 25.9 Å². The van der Waals surface area contributed by atoms with Crippen molar-refractivity contribution < 1.29 is 0 Å². The highest BCUT2D eigenvalue weighted by molar-refractivity contribution is 5.56. The van der Waals surface area contributed by atoms with Crippen LogP contribution in [0, 0.1) is 0 Å². The van der Waals surface area contributed by atoms with Crippen LogP contribution in [0.2, 0.25) is 0 Å². The number of nitrogens with one attached hydrogen (secondary N) is 1. The summed E-state index contributed by atoms with van der Waals surface area (Å²) in [6, 6.07) is 3.53. The first kappa shape index (κ1) is 10.1. The second-order valence-electron chi connectivity index (χ2n) is 4.95. The summed E-state index contributed by atoms with van der Waals surface area (Å²) >= 11 is 0. The summed E-state index contributed by atoms with van der Waals surface area (Å²) in [6.45, 7) is 6.65. The minimum atomic E-state index is 0.569. The molecule has 2 aliphatic rings. The molecule has 3 heteroatoms. The van der Waals surface area contributed by atoms with E-state index in [-0.39, 0.29) is 0 Å². The maximum absolute atomic E-state index is 4.66. The lowest BCUT2D eigenvalue weighted by atomic mass is 10.1. The van der Waals surface area contributed by atoms with Crippen LogP contribution in [-0.4, -0.2) is 30.2 Å². The second kappa shape index (κ2) is 3.74. The highest BCUT2D eigenvalue weighted by Crippen LogP contribution is 2.33. The molecule has 16 heavy (non-hydrogen) atoms. The maximum Gasteiger partial charge on any atom is 0.132 e. The monoisotopic (exact) mass is 217 g/mol. The quantitative estimate of drug-likeness (QED) is 0.770. The Bertz CT molecular complexity index is 402. The van der Waals surface area contributed by atoms with Crippen LogP contribution in [0.4, 0.5) is 5.82 Å². The topological polar surface area (TPSA) is 28.2 Å². The van der Waals surface area contributed by atoms with Gasteiger partial charge in [0.15, 0.2) is 0 Å². The van der Waals surface area contributed by atoms with Gasteiger partial charge in [-0.15, -0.1) is 0 Å². The molecule has 0 spiro atoms. The van der Waals surface area contributed by atoms with E-state index >= 15 is 0 Å². The van der Waals surface area contributed by atoms with Gasteiger partial charge < -0.3 is 10.2 Å². The van der Waals surface area contributed by atoms with Crippen LogP contribution in [0.15, 0.2) is 12.3 Å². The Morgan fingerprint density at radius 1 is 1.50 bits per heavy atom. The summed E-state index contributed by atoms with van der Waals surface area (Å²) in [5.41, 5.74) is 2.80. The average Bonchev–Trinajstić information content (AvgIpc) is 2.67. The van der Waals surface area contributed by atoms with E-state index in [1.54, 1.807) is 0 Å². The molecule has 0 saturated carbocycles. The van der Waals surface area contributed by atoms with Crippen molar-refractivity contribution in [3.05, 3.63) is 23.4 Å². The summed E-state index contributed by atoms with van der Waals surface area (Å²) in [6.07, 6.45) is 4.28. The Morgan fingerprint density at radius 3 is 3.19 bits per heavy atom. The molecule has 0 radical (unpaired) electrons. The molecule has 1 N–H and O–H groups in total. The minimum Gasteiger partial charge on any atom is -0.348 e. The normalized spacial score (nSPS) is 27.8. The predicted molar refractivity (Wildman–Crippen MR) is 65.9 cm³/mol. The summed E-state index contributed by atoms with van der Waals surface area (Å²) in [5, 5.41) is 3.50. The summed E-state index contributed by atoms with van der Waals surface area (Å²) in [7, 11) is 0. The third kappa shape index (κ3) is 1.42. The SMILES string of the molecule is CCc1cnc2c(c1)C[C@@H]1CNC[C@@H](C)N21. The van der Waals surface area contributed by atoms with Crippen molar-refractivity contribution in [2.24, 2.45) is 0 Å². The van der Waals surface area contributed by atoms with Crippen molar-refractivity contribution in [3.8, 4) is 0 Å². The lowest BCUT2D eigenvalue weighted by molar-refractivity contribution is 0.428. The molecule has 0 aromatic carbocycles. The van der Waals surface area contributed by atoms with Gasteiger partial charge >= 0.3 is 0 Å². The standard InChI is InChI=1S/C13H19N3/c1-3-10-4-11-5-12-8-14-6-9(2)16(12)13(11)15-7-10/h4,7,9,12,14H,3,5-6,8H2,1-2H3/t9-,12-/m1/s1. The Balaban J connectivity index is 1.99. The smallest absolute Gasteiger partial charge is 0.132 e. The second-order valence-corrected chi connectivity index (χ2v) is 4.95. The van der Waals surface area contributed by atoms with Gasteiger partial charge in [0.2, 0.25) is 0 Å². The molecule has 86 valence electrons. The fourth-order valence-corrected chi connectivity index (χ4v) is 2.95. The molecule has 0 aliphatic carbocycles. The van der Waals surface area contributed by atoms with E-state index in [1.165, 1.54) is 16.9 Å². The van der Waals surface area contributed by atoms with Gasteiger partial charge in [-0.1, -0.05) is 13.0 Å². The fraction of sp³-hybridized carbons (Fsp3) is 0.615. The van der Waals surface area contributed by atoms with E-state index in [0.29, 0.717) is 12.1 Å². The molecule has 3 heterocycles. The maximum atomic E-state index is 4.66. The van der Waals surface area contributed by atoms with Crippen molar-refractivity contribution in [2.75, 3.05) is 18.0 Å². The van der Waals surface area contributed by atoms with Gasteiger partial charge in [-0.05, 0) is 30.9 Å². The summed E-state index contributed by atoms with van der Waals surface area (Å²) in [5.74, 6) is 1.23. The van der Waals surface area contributed by atoms with Crippen LogP contribution >= 0.6 is 0 Å². The number of fused-ring (bicyclic) bond motifs is 3. The zero-order valence-electron chi connectivity index (χ0n) is 10.0. The van der Waals surface area contributed by atoms with Crippen molar-refractivity contribution in [1.29, 1.82) is 0 Å². The highest BCUT2D eigenvalue weighted by atomic mass is 15.3. The van der Waals surface area contributed by atoms with Crippen molar-refractivity contribution in [2.45, 2.75) is 38.8 Å². The molecule has 1 aromatic rings. The van der Waals surface area contributed by atoms with E-state index in [2.05, 4.69) is 35.1 Å². The van der Waals surface area contributed by atoms with Gasteiger partial charge in [0.25, 0.3) is 0 Å². The molecule has 0 bridgehead atoms. The largest absolute Gasteiger partial charge is 0.348 e. The molecule has 1 fully saturated rings. The van der Waals surface area contributed by atoms with Crippen molar-refractivity contribution in [3.63, 3.8) is 0 Å². The number of piperazine rings is 1. The number of hydrogen-bond donors (Lipinski definition) is 1. The first-order valence-corrected chi connectivity index (χ1v) is 6.26. The molecule has 2 atom stereocenters.